The zero-order chi connectivity index (χ0) is 13.5. The summed E-state index contributed by atoms with van der Waals surface area (Å²) >= 11 is 0. The van der Waals surface area contributed by atoms with Crippen LogP contribution in [0, 0.1) is 5.82 Å². The lowest BCUT2D eigenvalue weighted by atomic mass is 10.1. The van der Waals surface area contributed by atoms with Gasteiger partial charge in [0.25, 0.3) is 0 Å². The number of aliphatic hydroxyl groups excluding tert-OH is 1. The second-order valence-corrected chi connectivity index (χ2v) is 4.47. The summed E-state index contributed by atoms with van der Waals surface area (Å²) in [6, 6.07) is 8.39. The third-order valence-corrected chi connectivity index (χ3v) is 2.82. The minimum absolute atomic E-state index is 0.212. The van der Waals surface area contributed by atoms with Gasteiger partial charge in [0.05, 0.1) is 12.6 Å². The van der Waals surface area contributed by atoms with Crippen LogP contribution < -0.4 is 5.32 Å². The van der Waals surface area contributed by atoms with E-state index >= 15 is 0 Å². The van der Waals surface area contributed by atoms with Crippen molar-refractivity contribution in [3.8, 4) is 0 Å². The van der Waals surface area contributed by atoms with Crippen LogP contribution in [-0.2, 0) is 13.0 Å². The molecule has 0 aliphatic carbocycles. The van der Waals surface area contributed by atoms with Gasteiger partial charge in [-0.2, -0.15) is 5.10 Å². The average molecular weight is 263 g/mol. The lowest BCUT2D eigenvalue weighted by Gasteiger charge is -2.12. The van der Waals surface area contributed by atoms with Gasteiger partial charge in [-0.25, -0.2) is 4.39 Å². The molecule has 102 valence electrons. The Bertz CT molecular complexity index is 487. The van der Waals surface area contributed by atoms with Crippen LogP contribution in [-0.4, -0.2) is 34.1 Å². The van der Waals surface area contributed by atoms with E-state index in [0.29, 0.717) is 19.6 Å². The fourth-order valence-corrected chi connectivity index (χ4v) is 1.88. The molecule has 0 saturated heterocycles. The van der Waals surface area contributed by atoms with Crippen molar-refractivity contribution in [2.75, 3.05) is 13.1 Å². The number of halogens is 1. The van der Waals surface area contributed by atoms with Crippen LogP contribution in [0.4, 0.5) is 4.39 Å². The summed E-state index contributed by atoms with van der Waals surface area (Å²) in [6.45, 7) is 1.68. The summed E-state index contributed by atoms with van der Waals surface area (Å²) in [5.41, 5.74) is 0.953. The molecule has 2 rings (SSSR count). The van der Waals surface area contributed by atoms with Crippen molar-refractivity contribution >= 4 is 0 Å². The fraction of sp³-hybridized carbons (Fsp3) is 0.357. The maximum absolute atomic E-state index is 12.9. The molecule has 0 fully saturated rings. The second kappa shape index (κ2) is 7.01. The van der Waals surface area contributed by atoms with Gasteiger partial charge in [-0.1, -0.05) is 12.1 Å². The van der Waals surface area contributed by atoms with Crippen LogP contribution in [0.25, 0.3) is 0 Å². The highest BCUT2D eigenvalue weighted by atomic mass is 19.1. The van der Waals surface area contributed by atoms with E-state index < -0.39 is 6.10 Å². The molecule has 1 atom stereocenters. The van der Waals surface area contributed by atoms with Crippen molar-refractivity contribution in [2.45, 2.75) is 19.1 Å². The van der Waals surface area contributed by atoms with Gasteiger partial charge in [-0.3, -0.25) is 4.68 Å². The number of hydrogen-bond donors (Lipinski definition) is 2. The van der Waals surface area contributed by atoms with Gasteiger partial charge in [0.15, 0.2) is 0 Å². The van der Waals surface area contributed by atoms with E-state index in [0.717, 1.165) is 12.0 Å². The van der Waals surface area contributed by atoms with Crippen molar-refractivity contribution in [2.24, 2.45) is 0 Å². The molecular formula is C14H18FN3O. The first-order valence-corrected chi connectivity index (χ1v) is 6.34. The molecule has 1 unspecified atom stereocenters. The molecule has 2 N–H and O–H groups in total. The van der Waals surface area contributed by atoms with Crippen LogP contribution in [0.1, 0.15) is 5.56 Å². The van der Waals surface area contributed by atoms with Gasteiger partial charge >= 0.3 is 0 Å². The molecule has 0 bridgehead atoms. The van der Waals surface area contributed by atoms with Crippen LogP contribution >= 0.6 is 0 Å². The maximum atomic E-state index is 12.9. The third kappa shape index (κ3) is 4.81. The molecule has 5 heteroatoms. The number of aromatic nitrogens is 2. The molecular weight excluding hydrogens is 245 g/mol. The first-order chi connectivity index (χ1) is 9.24. The summed E-state index contributed by atoms with van der Waals surface area (Å²) in [7, 11) is 0. The zero-order valence-electron chi connectivity index (χ0n) is 10.7. The van der Waals surface area contributed by atoms with Gasteiger partial charge in [0, 0.05) is 18.9 Å². The summed E-state index contributed by atoms with van der Waals surface area (Å²) < 4.78 is 14.6. The number of aliphatic hydroxyl groups is 1. The largest absolute Gasteiger partial charge is 0.390 e. The van der Waals surface area contributed by atoms with E-state index in [9.17, 15) is 9.50 Å². The van der Waals surface area contributed by atoms with Gasteiger partial charge in [0.2, 0.25) is 0 Å². The Hall–Kier alpha value is -1.72. The van der Waals surface area contributed by atoms with Gasteiger partial charge in [-0.05, 0) is 36.7 Å². The molecule has 0 spiro atoms. The summed E-state index contributed by atoms with van der Waals surface area (Å²) in [4.78, 5) is 0. The smallest absolute Gasteiger partial charge is 0.123 e. The Morgan fingerprint density at radius 2 is 2.26 bits per heavy atom. The first kappa shape index (κ1) is 13.7. The maximum Gasteiger partial charge on any atom is 0.123 e. The Kier molecular flexibility index (Phi) is 5.06. The van der Waals surface area contributed by atoms with Crippen molar-refractivity contribution in [3.05, 3.63) is 54.1 Å². The average Bonchev–Trinajstić information content (AvgIpc) is 2.87. The van der Waals surface area contributed by atoms with Gasteiger partial charge < -0.3 is 10.4 Å². The SMILES string of the molecule is OC(CNCCc1cccc(F)c1)Cn1cccn1. The molecule has 1 aromatic carbocycles. The van der Waals surface area contributed by atoms with Crippen molar-refractivity contribution in [1.82, 2.24) is 15.1 Å². The Balaban J connectivity index is 1.64. The minimum atomic E-state index is -0.479. The lowest BCUT2D eigenvalue weighted by molar-refractivity contribution is 0.147. The Labute approximate surface area is 111 Å². The van der Waals surface area contributed by atoms with E-state index in [2.05, 4.69) is 10.4 Å². The highest BCUT2D eigenvalue weighted by molar-refractivity contribution is 5.16. The topological polar surface area (TPSA) is 50.1 Å². The molecule has 1 heterocycles. The predicted molar refractivity (Wildman–Crippen MR) is 71.2 cm³/mol. The number of benzene rings is 1. The number of nitrogens with one attached hydrogen (secondary N) is 1. The summed E-state index contributed by atoms with van der Waals surface area (Å²) in [5, 5.41) is 17.0. The summed E-state index contributed by atoms with van der Waals surface area (Å²) in [6.07, 6.45) is 3.76. The standard InChI is InChI=1S/C14H18FN3O/c15-13-4-1-3-12(9-13)5-7-16-10-14(19)11-18-8-2-6-17-18/h1-4,6,8-9,14,16,19H,5,7,10-11H2. The molecule has 0 aliphatic heterocycles. The van der Waals surface area contributed by atoms with E-state index in [1.165, 1.54) is 12.1 Å². The van der Waals surface area contributed by atoms with Gasteiger partial charge in [0.1, 0.15) is 5.82 Å². The van der Waals surface area contributed by atoms with Crippen LogP contribution in [0.15, 0.2) is 42.7 Å². The van der Waals surface area contributed by atoms with Crippen molar-refractivity contribution in [1.29, 1.82) is 0 Å². The lowest BCUT2D eigenvalue weighted by Crippen LogP contribution is -2.31. The minimum Gasteiger partial charge on any atom is -0.390 e. The molecule has 0 aliphatic rings. The zero-order valence-corrected chi connectivity index (χ0v) is 10.7. The molecule has 19 heavy (non-hydrogen) atoms. The molecule has 0 amide bonds. The normalized spacial score (nSPS) is 12.5. The van der Waals surface area contributed by atoms with Crippen molar-refractivity contribution in [3.63, 3.8) is 0 Å². The molecule has 1 aromatic heterocycles. The van der Waals surface area contributed by atoms with Crippen LogP contribution in [0.3, 0.4) is 0 Å². The first-order valence-electron chi connectivity index (χ1n) is 6.34. The molecule has 0 saturated carbocycles. The molecule has 4 nitrogen and oxygen atoms in total. The van der Waals surface area contributed by atoms with E-state index in [1.54, 1.807) is 16.9 Å². The van der Waals surface area contributed by atoms with E-state index in [-0.39, 0.29) is 5.82 Å². The fourth-order valence-electron chi connectivity index (χ4n) is 1.88. The van der Waals surface area contributed by atoms with Crippen LogP contribution in [0.5, 0.6) is 0 Å². The third-order valence-electron chi connectivity index (χ3n) is 2.82. The highest BCUT2D eigenvalue weighted by Gasteiger charge is 2.04. The van der Waals surface area contributed by atoms with Crippen molar-refractivity contribution < 1.29 is 9.50 Å². The van der Waals surface area contributed by atoms with E-state index in [4.69, 9.17) is 0 Å². The van der Waals surface area contributed by atoms with E-state index in [1.807, 2.05) is 18.3 Å². The Morgan fingerprint density at radius 3 is 3.00 bits per heavy atom. The summed E-state index contributed by atoms with van der Waals surface area (Å²) in [5.74, 6) is -0.212. The predicted octanol–water partition coefficient (Wildman–Crippen LogP) is 1.22. The second-order valence-electron chi connectivity index (χ2n) is 4.47. The van der Waals surface area contributed by atoms with Gasteiger partial charge in [-0.15, -0.1) is 0 Å². The molecule has 2 aromatic rings. The number of hydrogen-bond acceptors (Lipinski definition) is 3. The number of nitrogens with zero attached hydrogens (tertiary/aromatic N) is 2. The quantitative estimate of drug-likeness (QED) is 0.738. The number of rotatable bonds is 7. The molecule has 0 radical (unpaired) electrons. The Morgan fingerprint density at radius 1 is 1.37 bits per heavy atom. The van der Waals surface area contributed by atoms with Crippen LogP contribution in [0.2, 0.25) is 0 Å². The highest BCUT2D eigenvalue weighted by Crippen LogP contribution is 2.03. The monoisotopic (exact) mass is 263 g/mol.